The van der Waals surface area contributed by atoms with E-state index >= 15 is 0 Å². The van der Waals surface area contributed by atoms with Crippen molar-refractivity contribution in [3.63, 3.8) is 0 Å². The number of methoxy groups -OCH3 is 2. The Morgan fingerprint density at radius 2 is 0.705 bits per heavy atom. The van der Waals surface area contributed by atoms with Gasteiger partial charge in [0.25, 0.3) is 40.1 Å². The van der Waals surface area contributed by atoms with Gasteiger partial charge >= 0.3 is 0 Å². The van der Waals surface area contributed by atoms with Gasteiger partial charge in [0.05, 0.1) is 78.8 Å². The van der Waals surface area contributed by atoms with E-state index in [-0.39, 0.29) is 70.3 Å². The fourth-order valence-electron chi connectivity index (χ4n) is 12.7. The van der Waals surface area contributed by atoms with E-state index in [0.717, 1.165) is 39.9 Å². The molecular weight excluding hydrogens is 1510 g/mol. The molecule has 24 nitrogen and oxygen atoms in total. The highest BCUT2D eigenvalue weighted by Gasteiger charge is 2.39. The second kappa shape index (κ2) is 30.8. The number of benzene rings is 8. The van der Waals surface area contributed by atoms with Crippen LogP contribution >= 0.6 is 0 Å². The summed E-state index contributed by atoms with van der Waals surface area (Å²) in [6.45, 7) is 1.63. The Labute approximate surface area is 642 Å². The highest BCUT2D eigenvalue weighted by Crippen LogP contribution is 2.41. The maximum atomic E-state index is 13.2. The Balaban J connectivity index is 0.000000131. The summed E-state index contributed by atoms with van der Waals surface area (Å²) in [6.07, 6.45) is 12.7. The number of allylic oxidation sites excluding steroid dienone is 5. The number of hydrogen-bond donors (Lipinski definition) is 0. The third-order valence-corrected chi connectivity index (χ3v) is 24.9. The first-order chi connectivity index (χ1) is 53.6. The summed E-state index contributed by atoms with van der Waals surface area (Å²) in [7, 11) is -9.03. The molecule has 4 aromatic heterocycles. The molecule has 112 heavy (non-hydrogen) atoms. The Bertz CT molecular complexity index is 6500. The lowest BCUT2D eigenvalue weighted by molar-refractivity contribution is -0.111. The minimum atomic E-state index is -4.06. The third kappa shape index (κ3) is 14.3. The van der Waals surface area contributed by atoms with E-state index in [9.17, 15) is 72.0 Å². The molecule has 0 aliphatic heterocycles. The topological polar surface area (TPSA) is 327 Å². The van der Waals surface area contributed by atoms with Crippen LogP contribution < -0.4 is 14.4 Å². The molecule has 0 fully saturated rings. The zero-order valence-corrected chi connectivity index (χ0v) is 63.1. The predicted molar refractivity (Wildman–Crippen MR) is 419 cm³/mol. The molecule has 0 bridgehead atoms. The number of carbonyl (C=O) groups is 8. The van der Waals surface area contributed by atoms with Crippen LogP contribution in [0.2, 0.25) is 0 Å². The molecule has 4 aliphatic rings. The Morgan fingerprint density at radius 3 is 1.16 bits per heavy atom. The van der Waals surface area contributed by atoms with Crippen LogP contribution in [0.4, 0.5) is 5.69 Å². The van der Waals surface area contributed by atoms with Gasteiger partial charge in [-0.3, -0.25) is 38.4 Å². The van der Waals surface area contributed by atoms with Gasteiger partial charge in [0.1, 0.15) is 17.2 Å². The van der Waals surface area contributed by atoms with Crippen LogP contribution in [0.1, 0.15) is 71.1 Å². The maximum Gasteiger partial charge on any atom is 0.283 e. The molecule has 0 radical (unpaired) electrons. The lowest BCUT2D eigenvalue weighted by atomic mass is 9.91. The first-order valence-corrected chi connectivity index (χ1v) is 39.7. The molecule has 0 unspecified atom stereocenters. The number of aromatic nitrogens is 5. The van der Waals surface area contributed by atoms with Gasteiger partial charge in [0.15, 0.2) is 0 Å². The summed E-state index contributed by atoms with van der Waals surface area (Å²) in [4.78, 5) is 101. The number of anilines is 1. The zero-order chi connectivity index (χ0) is 79.7. The molecule has 16 rings (SSSR count). The summed E-state index contributed by atoms with van der Waals surface area (Å²) < 4.78 is 120. The summed E-state index contributed by atoms with van der Waals surface area (Å²) in [5, 5.41) is 4.21. The van der Waals surface area contributed by atoms with Crippen LogP contribution in [0.3, 0.4) is 0 Å². The van der Waals surface area contributed by atoms with E-state index in [1.807, 2.05) is 37.2 Å². The van der Waals surface area contributed by atoms with Crippen molar-refractivity contribution in [3.8, 4) is 56.1 Å². The minimum Gasteiger partial charge on any atom is -0.497 e. The van der Waals surface area contributed by atoms with Crippen molar-refractivity contribution in [1.82, 2.24) is 21.1 Å². The molecule has 0 saturated heterocycles. The molecule has 28 heteroatoms. The number of Topliss-reactive ketones (excluding diaryl/α,β-unsaturated/α-hetero) is 4. The van der Waals surface area contributed by atoms with Gasteiger partial charge in [0, 0.05) is 60.6 Å². The first-order valence-electron chi connectivity index (χ1n) is 33.9. The van der Waals surface area contributed by atoms with Crippen LogP contribution in [0, 0.1) is 0 Å². The molecular formula is C84H62N6O18S4. The highest BCUT2D eigenvalue weighted by atomic mass is 32.2. The lowest BCUT2D eigenvalue weighted by Gasteiger charge is -2.15. The minimum absolute atomic E-state index is 0.0272. The number of carbonyl (C=O) groups excluding carboxylic acids is 8. The highest BCUT2D eigenvalue weighted by molar-refractivity contribution is 7.91. The molecule has 0 spiro atoms. The van der Waals surface area contributed by atoms with E-state index in [1.54, 1.807) is 165 Å². The number of hydrogen-bond acceptors (Lipinski definition) is 20. The standard InChI is InChI=1S/C22H18N2O4S.C21H15NO5S.C21H15NO4S.C20H14N2O5S/c1-23(2)16-10-8-15(9-11-16)18-14-24(19-12-13-20(25)22(26)21(18)19)29(27,28)17-6-4-3-5-7-17;1-27-15-7-5-6-14(12-15)17-13-22(18-10-11-19(23)21(24)20(17)18)28(25,26)16-8-3-2-4-9-16;1-14-12-18(23)21(24)19-17(15-8-4-2-5-9-15)13-22(20(14)19)27(25,26)16-10-6-3-7-11-16;1-27-14-9-7-13(8-10-14)19-18-16(11-12-17(23)20(18)24)22(21-19)28(25,26)15-5-3-2-4-6-15/h3-14H,1-2H3;2-13H,1H3;2-13H,1H3;2-12H,1H3. The monoisotopic (exact) mass is 1570 g/mol. The molecule has 8 aromatic carbocycles. The van der Waals surface area contributed by atoms with Gasteiger partial charge in [0.2, 0.25) is 46.3 Å². The number of fused-ring (bicyclic) bond motifs is 4. The van der Waals surface area contributed by atoms with Crippen LogP contribution in [0.15, 0.2) is 287 Å². The number of ether oxygens (including phenoxy) is 2. The molecule has 560 valence electrons. The first kappa shape index (κ1) is 76.5. The Kier molecular flexibility index (Phi) is 21.0. The maximum absolute atomic E-state index is 13.2. The Morgan fingerprint density at radius 1 is 0.339 bits per heavy atom. The molecule has 0 saturated carbocycles. The van der Waals surface area contributed by atoms with Crippen molar-refractivity contribution < 1.29 is 81.5 Å². The normalized spacial score (nSPS) is 13.6. The quantitative estimate of drug-likeness (QED) is 0.0861. The summed E-state index contributed by atoms with van der Waals surface area (Å²) in [5.41, 5.74) is 6.04. The smallest absolute Gasteiger partial charge is 0.283 e. The van der Waals surface area contributed by atoms with Crippen LogP contribution in [-0.4, -0.2) is 129 Å². The number of ketones is 8. The summed E-state index contributed by atoms with van der Waals surface area (Å²) >= 11 is 0. The predicted octanol–water partition coefficient (Wildman–Crippen LogP) is 12.6. The van der Waals surface area contributed by atoms with Gasteiger partial charge in [-0.1, -0.05) is 127 Å². The molecule has 0 atom stereocenters. The number of nitrogens with zero attached hydrogens (tertiary/aromatic N) is 6. The van der Waals surface area contributed by atoms with Crippen molar-refractivity contribution in [2.75, 3.05) is 33.2 Å². The van der Waals surface area contributed by atoms with Gasteiger partial charge in [-0.2, -0.15) is 17.6 Å². The second-order valence-corrected chi connectivity index (χ2v) is 32.6. The van der Waals surface area contributed by atoms with E-state index < -0.39 is 86.4 Å². The van der Waals surface area contributed by atoms with Crippen molar-refractivity contribution in [2.24, 2.45) is 0 Å². The third-order valence-electron chi connectivity index (χ3n) is 18.3. The fraction of sp³-hybridized carbons (Fsp3) is 0.0595. The second-order valence-electron chi connectivity index (χ2n) is 25.4. The number of rotatable bonds is 15. The van der Waals surface area contributed by atoms with Crippen LogP contribution in [-0.2, 0) is 59.3 Å². The molecule has 0 N–H and O–H groups in total. The van der Waals surface area contributed by atoms with Gasteiger partial charge in [-0.25, -0.2) is 37.2 Å². The lowest BCUT2D eigenvalue weighted by Crippen LogP contribution is -2.22. The van der Waals surface area contributed by atoms with Gasteiger partial charge in [-0.15, -0.1) is 0 Å². The van der Waals surface area contributed by atoms with Crippen LogP contribution in [0.5, 0.6) is 11.5 Å². The van der Waals surface area contributed by atoms with Crippen molar-refractivity contribution >= 4 is 116 Å². The van der Waals surface area contributed by atoms with Crippen molar-refractivity contribution in [3.05, 3.63) is 312 Å². The summed E-state index contributed by atoms with van der Waals surface area (Å²) in [5.74, 6) is -4.52. The SMILES string of the molecule is CC1=CC(=O)C(=O)c2c(-c3ccccc3)cn(S(=O)(=O)c3ccccc3)c21.CN(C)c1ccc(-c2cn(S(=O)(=O)c3ccccc3)c3c2C(=O)C(=O)C=C3)cc1.COc1ccc(-c2nn(S(=O)(=O)c3ccccc3)c3c2C(=O)C(=O)C=C3)cc1.COc1cccc(-c2cn(S(=O)(=O)c3ccccc3)c3c2C(=O)C(=O)C=C3)c1. The van der Waals surface area contributed by atoms with Gasteiger partial charge in [-0.05, 0) is 169 Å². The van der Waals surface area contributed by atoms with E-state index in [1.165, 1.54) is 106 Å². The van der Waals surface area contributed by atoms with Crippen molar-refractivity contribution in [2.45, 2.75) is 26.5 Å². The molecule has 12 aromatic rings. The van der Waals surface area contributed by atoms with Crippen molar-refractivity contribution in [1.29, 1.82) is 0 Å². The summed E-state index contributed by atoms with van der Waals surface area (Å²) in [6, 6.07) is 61.5. The van der Waals surface area contributed by atoms with Crippen LogP contribution in [0.25, 0.3) is 68.4 Å². The average molecular weight is 1570 g/mol. The molecule has 4 aliphatic carbocycles. The largest absolute Gasteiger partial charge is 0.497 e. The fourth-order valence-corrected chi connectivity index (χ4v) is 18.2. The van der Waals surface area contributed by atoms with E-state index in [2.05, 4.69) is 5.10 Å². The zero-order valence-electron chi connectivity index (χ0n) is 59.8. The average Bonchev–Trinajstić information content (AvgIpc) is 1.60. The molecule has 0 amide bonds. The van der Waals surface area contributed by atoms with Gasteiger partial charge < -0.3 is 14.4 Å². The Hall–Kier alpha value is -13.7. The van der Waals surface area contributed by atoms with E-state index in [4.69, 9.17) is 9.47 Å². The van der Waals surface area contributed by atoms with E-state index in [0.29, 0.717) is 56.0 Å². The molecule has 4 heterocycles.